The average Bonchev–Trinajstić information content (AvgIpc) is 1.96. The molecule has 74 valence electrons. The molecule has 0 aromatic carbocycles. The third-order valence-electron chi connectivity index (χ3n) is 2.41. The van der Waals surface area contributed by atoms with Gasteiger partial charge in [0.25, 0.3) is 0 Å². The maximum absolute atomic E-state index is 2.47. The Morgan fingerprint density at radius 1 is 1.33 bits per heavy atom. The van der Waals surface area contributed by atoms with Gasteiger partial charge >= 0.3 is 0 Å². The zero-order chi connectivity index (χ0) is 9.78. The molecule has 0 fully saturated rings. The molecule has 0 N–H and O–H groups in total. The van der Waals surface area contributed by atoms with E-state index in [1.807, 2.05) is 0 Å². The molecule has 0 bridgehead atoms. The lowest BCUT2D eigenvalue weighted by Crippen LogP contribution is -2.41. The Hall–Kier alpha value is 0.690. The van der Waals surface area contributed by atoms with Gasteiger partial charge in [0.15, 0.2) is 0 Å². The Balaban J connectivity index is 4.22. The third-order valence-corrected chi connectivity index (χ3v) is 3.04. The van der Waals surface area contributed by atoms with Crippen LogP contribution >= 0.6 is 22.6 Å². The van der Waals surface area contributed by atoms with Gasteiger partial charge < -0.3 is 4.90 Å². The molecule has 0 aliphatic heterocycles. The zero-order valence-electron chi connectivity index (χ0n) is 9.02. The van der Waals surface area contributed by atoms with Gasteiger partial charge in [0.05, 0.1) is 0 Å². The highest BCUT2D eigenvalue weighted by atomic mass is 127. The molecule has 0 aromatic rings. The Morgan fingerprint density at radius 3 is 2.08 bits per heavy atom. The second kappa shape index (κ2) is 5.43. The molecule has 1 nitrogen and oxygen atoms in total. The Labute approximate surface area is 91.0 Å². The van der Waals surface area contributed by atoms with Gasteiger partial charge in [0, 0.05) is 10.5 Å². The summed E-state index contributed by atoms with van der Waals surface area (Å²) < 4.78 is 1.25. The molecule has 0 spiro atoms. The lowest BCUT2D eigenvalue weighted by Gasteiger charge is -2.37. The zero-order valence-corrected chi connectivity index (χ0v) is 11.2. The number of nitrogens with zero attached hydrogens (tertiary/aromatic N) is 1. The van der Waals surface area contributed by atoms with Crippen LogP contribution in [0, 0.1) is 5.41 Å². The van der Waals surface area contributed by atoms with Gasteiger partial charge in [-0.1, -0.05) is 50.3 Å². The van der Waals surface area contributed by atoms with Crippen molar-refractivity contribution >= 4 is 22.6 Å². The van der Waals surface area contributed by atoms with Crippen LogP contribution in [0.2, 0.25) is 0 Å². The molecule has 0 radical (unpaired) electrons. The highest BCUT2D eigenvalue weighted by Crippen LogP contribution is 2.26. The highest BCUT2D eigenvalue weighted by Gasteiger charge is 2.26. The second-order valence-corrected chi connectivity index (χ2v) is 5.51. The molecular formula is C10H22IN. The molecule has 0 aliphatic carbocycles. The van der Waals surface area contributed by atoms with Crippen molar-refractivity contribution in [3.8, 4) is 0 Å². The van der Waals surface area contributed by atoms with E-state index in [0.717, 1.165) is 12.6 Å². The van der Waals surface area contributed by atoms with Crippen LogP contribution in [0.15, 0.2) is 0 Å². The number of rotatable bonds is 4. The van der Waals surface area contributed by atoms with Gasteiger partial charge in [-0.3, -0.25) is 0 Å². The van der Waals surface area contributed by atoms with Crippen LogP contribution in [-0.2, 0) is 0 Å². The van der Waals surface area contributed by atoms with E-state index in [-0.39, 0.29) is 0 Å². The van der Waals surface area contributed by atoms with E-state index in [2.05, 4.69) is 62.2 Å². The third kappa shape index (κ3) is 4.08. The molecular weight excluding hydrogens is 261 g/mol. The van der Waals surface area contributed by atoms with Gasteiger partial charge in [-0.05, 0) is 25.4 Å². The molecule has 1 atom stereocenters. The predicted molar refractivity (Wildman–Crippen MR) is 65.1 cm³/mol. The fourth-order valence-corrected chi connectivity index (χ4v) is 2.23. The molecule has 0 rings (SSSR count). The summed E-state index contributed by atoms with van der Waals surface area (Å²) in [5, 5.41) is 0. The smallest absolute Gasteiger partial charge is 0.0148 e. The van der Waals surface area contributed by atoms with Gasteiger partial charge in [-0.2, -0.15) is 0 Å². The number of alkyl halides is 1. The van der Waals surface area contributed by atoms with Crippen LogP contribution in [0.1, 0.15) is 34.1 Å². The van der Waals surface area contributed by atoms with Crippen LogP contribution < -0.4 is 0 Å². The second-order valence-electron chi connectivity index (χ2n) is 4.43. The quantitative estimate of drug-likeness (QED) is 0.566. The van der Waals surface area contributed by atoms with Crippen LogP contribution in [0.3, 0.4) is 0 Å². The first kappa shape index (κ1) is 12.7. The van der Waals surface area contributed by atoms with Crippen molar-refractivity contribution in [3.05, 3.63) is 0 Å². The number of hydrogen-bond donors (Lipinski definition) is 0. The van der Waals surface area contributed by atoms with Gasteiger partial charge in [0.2, 0.25) is 0 Å². The van der Waals surface area contributed by atoms with E-state index in [1.54, 1.807) is 0 Å². The molecule has 0 aromatic heterocycles. The number of hydrogen-bond acceptors (Lipinski definition) is 1. The number of halogens is 1. The van der Waals surface area contributed by atoms with Crippen LogP contribution in [-0.4, -0.2) is 29.0 Å². The minimum absolute atomic E-state index is 0.413. The first-order valence-electron chi connectivity index (χ1n) is 4.69. The standard InChI is InChI=1S/C10H22IN/c1-6-12(5)9(7-8-11)10(2,3)4/h9H,6-8H2,1-5H3. The van der Waals surface area contributed by atoms with E-state index in [9.17, 15) is 0 Å². The van der Waals surface area contributed by atoms with Crippen molar-refractivity contribution in [2.75, 3.05) is 18.0 Å². The van der Waals surface area contributed by atoms with E-state index >= 15 is 0 Å². The Bertz CT molecular complexity index is 117. The molecule has 0 saturated heterocycles. The Kier molecular flexibility index (Phi) is 5.74. The average molecular weight is 283 g/mol. The molecule has 1 unspecified atom stereocenters. The summed E-state index contributed by atoms with van der Waals surface area (Å²) in [5.74, 6) is 0. The lowest BCUT2D eigenvalue weighted by atomic mass is 9.84. The summed E-state index contributed by atoms with van der Waals surface area (Å²) in [6.07, 6.45) is 1.30. The highest BCUT2D eigenvalue weighted by molar-refractivity contribution is 14.1. The van der Waals surface area contributed by atoms with Crippen molar-refractivity contribution in [1.82, 2.24) is 4.90 Å². The maximum atomic E-state index is 2.47. The molecule has 0 heterocycles. The molecule has 2 heteroatoms. The van der Waals surface area contributed by atoms with Crippen LogP contribution in [0.25, 0.3) is 0 Å². The molecule has 0 aliphatic rings. The summed E-state index contributed by atoms with van der Waals surface area (Å²) in [5.41, 5.74) is 0.413. The molecule has 0 saturated carbocycles. The normalized spacial score (nSPS) is 15.2. The largest absolute Gasteiger partial charge is 0.303 e. The van der Waals surface area contributed by atoms with Gasteiger partial charge in [0.1, 0.15) is 0 Å². The first-order valence-corrected chi connectivity index (χ1v) is 6.22. The minimum Gasteiger partial charge on any atom is -0.303 e. The summed E-state index contributed by atoms with van der Waals surface area (Å²) in [6.45, 7) is 10.4. The van der Waals surface area contributed by atoms with Crippen molar-refractivity contribution in [3.63, 3.8) is 0 Å². The SMILES string of the molecule is CCN(C)C(CCI)C(C)(C)C. The topological polar surface area (TPSA) is 3.24 Å². The van der Waals surface area contributed by atoms with E-state index in [1.165, 1.54) is 10.8 Å². The fourth-order valence-electron chi connectivity index (χ4n) is 1.64. The van der Waals surface area contributed by atoms with Crippen LogP contribution in [0.4, 0.5) is 0 Å². The first-order chi connectivity index (χ1) is 5.43. The minimum atomic E-state index is 0.413. The monoisotopic (exact) mass is 283 g/mol. The van der Waals surface area contributed by atoms with Gasteiger partial charge in [-0.25, -0.2) is 0 Å². The predicted octanol–water partition coefficient (Wildman–Crippen LogP) is 3.18. The van der Waals surface area contributed by atoms with Crippen LogP contribution in [0.5, 0.6) is 0 Å². The van der Waals surface area contributed by atoms with Crippen molar-refractivity contribution < 1.29 is 0 Å². The maximum Gasteiger partial charge on any atom is 0.0148 e. The summed E-state index contributed by atoms with van der Waals surface area (Å²) in [6, 6.07) is 0.722. The van der Waals surface area contributed by atoms with Crippen molar-refractivity contribution in [2.45, 2.75) is 40.2 Å². The Morgan fingerprint density at radius 2 is 1.83 bits per heavy atom. The van der Waals surface area contributed by atoms with Crippen molar-refractivity contribution in [2.24, 2.45) is 5.41 Å². The van der Waals surface area contributed by atoms with Crippen molar-refractivity contribution in [1.29, 1.82) is 0 Å². The lowest BCUT2D eigenvalue weighted by molar-refractivity contribution is 0.129. The van der Waals surface area contributed by atoms with E-state index in [0.29, 0.717) is 5.41 Å². The fraction of sp³-hybridized carbons (Fsp3) is 1.00. The van der Waals surface area contributed by atoms with Gasteiger partial charge in [-0.15, -0.1) is 0 Å². The van der Waals surface area contributed by atoms with E-state index in [4.69, 9.17) is 0 Å². The molecule has 12 heavy (non-hydrogen) atoms. The summed E-state index contributed by atoms with van der Waals surface area (Å²) >= 11 is 2.47. The molecule has 0 amide bonds. The summed E-state index contributed by atoms with van der Waals surface area (Å²) in [7, 11) is 2.22. The van der Waals surface area contributed by atoms with E-state index < -0.39 is 0 Å². The summed E-state index contributed by atoms with van der Waals surface area (Å²) in [4.78, 5) is 2.46.